The van der Waals surface area contributed by atoms with Crippen molar-refractivity contribution in [1.29, 1.82) is 0 Å². The predicted molar refractivity (Wildman–Crippen MR) is 85.4 cm³/mol. The molecule has 0 aromatic heterocycles. The molecular weight excluding hydrogens is 324 g/mol. The van der Waals surface area contributed by atoms with Gasteiger partial charge in [0.05, 0.1) is 26.6 Å². The van der Waals surface area contributed by atoms with Crippen LogP contribution in [-0.2, 0) is 29.1 Å². The van der Waals surface area contributed by atoms with Crippen LogP contribution in [0.2, 0.25) is 0 Å². The van der Waals surface area contributed by atoms with Gasteiger partial charge in [-0.2, -0.15) is 0 Å². The first-order chi connectivity index (χ1) is 10.7. The zero-order chi connectivity index (χ0) is 17.6. The van der Waals surface area contributed by atoms with Gasteiger partial charge in [0.25, 0.3) is 0 Å². The van der Waals surface area contributed by atoms with E-state index in [1.54, 1.807) is 19.1 Å². The van der Waals surface area contributed by atoms with Crippen molar-refractivity contribution in [2.75, 3.05) is 30.5 Å². The second-order valence-electron chi connectivity index (χ2n) is 4.60. The Labute approximate surface area is 134 Å². The van der Waals surface area contributed by atoms with E-state index in [-0.39, 0.29) is 5.70 Å². The number of esters is 2. The molecule has 1 rings (SSSR count). The molecule has 0 spiro atoms. The third-order valence-corrected chi connectivity index (χ3v) is 3.27. The zero-order valence-corrected chi connectivity index (χ0v) is 14.0. The number of anilines is 2. The molecule has 0 fully saturated rings. The Balaban J connectivity index is 3.08. The maximum atomic E-state index is 11.7. The largest absolute Gasteiger partial charge is 0.466 e. The molecule has 0 unspecified atom stereocenters. The van der Waals surface area contributed by atoms with Crippen LogP contribution in [0.5, 0.6) is 0 Å². The van der Waals surface area contributed by atoms with Gasteiger partial charge in [0, 0.05) is 11.4 Å². The molecular formula is C14H18N2O6S. The number of benzene rings is 1. The molecule has 1 aromatic carbocycles. The van der Waals surface area contributed by atoms with Gasteiger partial charge in [-0.25, -0.2) is 18.0 Å². The summed E-state index contributed by atoms with van der Waals surface area (Å²) in [5.41, 5.74) is 1.43. The Morgan fingerprint density at radius 1 is 1.17 bits per heavy atom. The number of carbonyl (C=O) groups is 2. The number of methoxy groups -OCH3 is 2. The second kappa shape index (κ2) is 7.63. The molecule has 0 bridgehead atoms. The molecule has 1 aromatic rings. The van der Waals surface area contributed by atoms with Gasteiger partial charge in [0.15, 0.2) is 0 Å². The number of ether oxygens (including phenoxy) is 2. The number of sulfonamides is 1. The molecule has 0 saturated carbocycles. The van der Waals surface area contributed by atoms with Crippen LogP contribution in [-0.4, -0.2) is 40.8 Å². The quantitative estimate of drug-likeness (QED) is 0.586. The fourth-order valence-corrected chi connectivity index (χ4v) is 2.21. The summed E-state index contributed by atoms with van der Waals surface area (Å²) < 4.78 is 33.8. The van der Waals surface area contributed by atoms with Crippen molar-refractivity contribution in [3.05, 3.63) is 35.5 Å². The van der Waals surface area contributed by atoms with Crippen LogP contribution in [0.1, 0.15) is 5.56 Å². The van der Waals surface area contributed by atoms with Crippen LogP contribution < -0.4 is 10.0 Å². The number of nitrogens with one attached hydrogen (secondary N) is 2. The first-order valence-electron chi connectivity index (χ1n) is 6.39. The van der Waals surface area contributed by atoms with Crippen molar-refractivity contribution in [3.8, 4) is 0 Å². The first-order valence-corrected chi connectivity index (χ1v) is 8.29. The van der Waals surface area contributed by atoms with E-state index in [4.69, 9.17) is 0 Å². The van der Waals surface area contributed by atoms with Crippen molar-refractivity contribution in [1.82, 2.24) is 0 Å². The lowest BCUT2D eigenvalue weighted by Crippen LogP contribution is -2.16. The van der Waals surface area contributed by atoms with E-state index >= 15 is 0 Å². The maximum Gasteiger partial charge on any atom is 0.354 e. The van der Waals surface area contributed by atoms with Gasteiger partial charge in [-0.05, 0) is 30.7 Å². The SMILES string of the molecule is COC(=O)/C=C(/Nc1ccc(NS(C)(=O)=O)cc1C)C(=O)OC. The van der Waals surface area contributed by atoms with Crippen molar-refractivity contribution >= 4 is 33.3 Å². The van der Waals surface area contributed by atoms with Gasteiger partial charge >= 0.3 is 11.9 Å². The van der Waals surface area contributed by atoms with Crippen molar-refractivity contribution in [2.24, 2.45) is 0 Å². The van der Waals surface area contributed by atoms with Crippen LogP contribution in [0.4, 0.5) is 11.4 Å². The summed E-state index contributed by atoms with van der Waals surface area (Å²) in [5.74, 6) is -1.46. The molecule has 0 heterocycles. The van der Waals surface area contributed by atoms with E-state index in [0.29, 0.717) is 16.9 Å². The number of hydrogen-bond donors (Lipinski definition) is 2. The lowest BCUT2D eigenvalue weighted by Gasteiger charge is -2.13. The van der Waals surface area contributed by atoms with Gasteiger partial charge < -0.3 is 14.8 Å². The molecule has 0 aliphatic heterocycles. The van der Waals surface area contributed by atoms with Crippen LogP contribution in [0, 0.1) is 6.92 Å². The van der Waals surface area contributed by atoms with E-state index in [1.807, 2.05) is 0 Å². The average Bonchev–Trinajstić information content (AvgIpc) is 2.46. The Morgan fingerprint density at radius 3 is 2.30 bits per heavy atom. The smallest absolute Gasteiger partial charge is 0.354 e. The average molecular weight is 342 g/mol. The van der Waals surface area contributed by atoms with Crippen LogP contribution in [0.15, 0.2) is 30.0 Å². The van der Waals surface area contributed by atoms with E-state index in [1.165, 1.54) is 20.3 Å². The van der Waals surface area contributed by atoms with E-state index < -0.39 is 22.0 Å². The minimum atomic E-state index is -3.38. The third-order valence-electron chi connectivity index (χ3n) is 2.67. The highest BCUT2D eigenvalue weighted by Gasteiger charge is 2.14. The van der Waals surface area contributed by atoms with E-state index in [0.717, 1.165) is 12.3 Å². The molecule has 2 N–H and O–H groups in total. The summed E-state index contributed by atoms with van der Waals surface area (Å²) in [6.07, 6.45) is 2.01. The summed E-state index contributed by atoms with van der Waals surface area (Å²) in [6, 6.07) is 4.66. The number of hydrogen-bond acceptors (Lipinski definition) is 7. The lowest BCUT2D eigenvalue weighted by molar-refractivity contribution is -0.138. The molecule has 0 amide bonds. The topological polar surface area (TPSA) is 111 Å². The van der Waals surface area contributed by atoms with Crippen molar-refractivity contribution in [3.63, 3.8) is 0 Å². The highest BCUT2D eigenvalue weighted by molar-refractivity contribution is 7.92. The number of rotatable bonds is 6. The zero-order valence-electron chi connectivity index (χ0n) is 13.2. The second-order valence-corrected chi connectivity index (χ2v) is 6.35. The summed E-state index contributed by atoms with van der Waals surface area (Å²) >= 11 is 0. The summed E-state index contributed by atoms with van der Waals surface area (Å²) in [5, 5.41) is 2.76. The summed E-state index contributed by atoms with van der Waals surface area (Å²) in [7, 11) is -1.02. The van der Waals surface area contributed by atoms with E-state index in [9.17, 15) is 18.0 Å². The number of aryl methyl sites for hydroxylation is 1. The Hall–Kier alpha value is -2.55. The molecule has 23 heavy (non-hydrogen) atoms. The summed E-state index contributed by atoms with van der Waals surface area (Å²) in [4.78, 5) is 23.0. The van der Waals surface area contributed by atoms with Crippen LogP contribution >= 0.6 is 0 Å². The highest BCUT2D eigenvalue weighted by atomic mass is 32.2. The minimum absolute atomic E-state index is 0.105. The fourth-order valence-electron chi connectivity index (χ4n) is 1.66. The Morgan fingerprint density at radius 2 is 1.83 bits per heavy atom. The molecule has 0 atom stereocenters. The monoisotopic (exact) mass is 342 g/mol. The molecule has 126 valence electrons. The van der Waals surface area contributed by atoms with Gasteiger partial charge in [-0.1, -0.05) is 0 Å². The molecule has 0 aliphatic rings. The molecule has 9 heteroatoms. The van der Waals surface area contributed by atoms with Crippen molar-refractivity contribution < 1.29 is 27.5 Å². The first kappa shape index (κ1) is 18.5. The predicted octanol–water partition coefficient (Wildman–Crippen LogP) is 1.01. The third kappa shape index (κ3) is 5.99. The molecule has 0 radical (unpaired) electrons. The van der Waals surface area contributed by atoms with Crippen LogP contribution in [0.3, 0.4) is 0 Å². The molecule has 0 aliphatic carbocycles. The van der Waals surface area contributed by atoms with Gasteiger partial charge in [-0.15, -0.1) is 0 Å². The molecule has 8 nitrogen and oxygen atoms in total. The van der Waals surface area contributed by atoms with Crippen molar-refractivity contribution in [2.45, 2.75) is 6.92 Å². The standard InChI is InChI=1S/C14H18N2O6S/c1-9-7-10(16-23(4,19)20)5-6-11(9)15-12(14(18)22-3)8-13(17)21-2/h5-8,15-16H,1-4H3/b12-8+. The lowest BCUT2D eigenvalue weighted by atomic mass is 10.1. The highest BCUT2D eigenvalue weighted by Crippen LogP contribution is 2.22. The Bertz CT molecular complexity index is 740. The maximum absolute atomic E-state index is 11.7. The Kier molecular flexibility index (Phi) is 6.14. The summed E-state index contributed by atoms with van der Waals surface area (Å²) in [6.45, 7) is 1.71. The van der Waals surface area contributed by atoms with Gasteiger partial charge in [0.2, 0.25) is 10.0 Å². The molecule has 0 saturated heterocycles. The van der Waals surface area contributed by atoms with Crippen LogP contribution in [0.25, 0.3) is 0 Å². The minimum Gasteiger partial charge on any atom is -0.466 e. The van der Waals surface area contributed by atoms with Gasteiger partial charge in [-0.3, -0.25) is 4.72 Å². The van der Waals surface area contributed by atoms with Gasteiger partial charge in [0.1, 0.15) is 5.70 Å². The number of carbonyl (C=O) groups excluding carboxylic acids is 2. The fraction of sp³-hybridized carbons (Fsp3) is 0.286. The normalized spacial score (nSPS) is 11.6. The van der Waals surface area contributed by atoms with E-state index in [2.05, 4.69) is 19.5 Å².